The Balaban J connectivity index is 0.000000106. The number of hydrogen-bond acceptors (Lipinski definition) is 12. The predicted molar refractivity (Wildman–Crippen MR) is 591 cm³/mol. The van der Waals surface area contributed by atoms with Gasteiger partial charge >= 0.3 is 28.5 Å². The van der Waals surface area contributed by atoms with E-state index < -0.39 is 28.5 Å². The molecular formula is C122H84B4O8S4. The maximum Gasteiger partial charge on any atom is 0.488 e. The molecule has 138 heavy (non-hydrogen) atoms. The molecule has 0 saturated carbocycles. The Morgan fingerprint density at radius 3 is 0.710 bits per heavy atom. The van der Waals surface area contributed by atoms with E-state index in [1.807, 2.05) is 102 Å². The van der Waals surface area contributed by atoms with E-state index in [2.05, 4.69) is 346 Å². The molecule has 0 aliphatic rings. The first-order valence-corrected chi connectivity index (χ1v) is 49.0. The van der Waals surface area contributed by atoms with Gasteiger partial charge in [-0.2, -0.15) is 0 Å². The van der Waals surface area contributed by atoms with Gasteiger partial charge in [0.2, 0.25) is 0 Å². The summed E-state index contributed by atoms with van der Waals surface area (Å²) in [4.78, 5) is 0. The minimum absolute atomic E-state index is 0.494. The highest BCUT2D eigenvalue weighted by Crippen LogP contribution is 2.51. The van der Waals surface area contributed by atoms with Crippen LogP contribution in [0.25, 0.3) is 225 Å². The van der Waals surface area contributed by atoms with Crippen LogP contribution in [0, 0.1) is 0 Å². The zero-order valence-electron chi connectivity index (χ0n) is 74.4. The molecule has 0 bridgehead atoms. The summed E-state index contributed by atoms with van der Waals surface area (Å²) in [6.07, 6.45) is 0. The van der Waals surface area contributed by atoms with Gasteiger partial charge in [-0.1, -0.05) is 449 Å². The number of benzene rings is 21. The van der Waals surface area contributed by atoms with Crippen LogP contribution in [-0.2, 0) is 0 Å². The van der Waals surface area contributed by atoms with Crippen LogP contribution in [-0.4, -0.2) is 68.7 Å². The third kappa shape index (κ3) is 17.2. The Morgan fingerprint density at radius 1 is 0.123 bits per heavy atom. The normalized spacial score (nSPS) is 11.3. The van der Waals surface area contributed by atoms with Crippen LogP contribution in [0.3, 0.4) is 0 Å². The lowest BCUT2D eigenvalue weighted by Gasteiger charge is -2.12. The van der Waals surface area contributed by atoms with Gasteiger partial charge in [0.05, 0.1) is 0 Å². The van der Waals surface area contributed by atoms with Crippen LogP contribution in [0.4, 0.5) is 0 Å². The van der Waals surface area contributed by atoms with Crippen molar-refractivity contribution in [2.24, 2.45) is 0 Å². The van der Waals surface area contributed by atoms with E-state index in [-0.39, 0.29) is 0 Å². The second-order valence-corrected chi connectivity index (χ2v) is 38.4. The zero-order valence-corrected chi connectivity index (χ0v) is 77.7. The van der Waals surface area contributed by atoms with Crippen molar-refractivity contribution in [2.75, 3.05) is 0 Å². The molecule has 0 unspecified atom stereocenters. The molecule has 25 aromatic rings. The van der Waals surface area contributed by atoms with Crippen molar-refractivity contribution in [3.63, 3.8) is 0 Å². The van der Waals surface area contributed by atoms with Crippen molar-refractivity contribution >= 4 is 198 Å². The second kappa shape index (κ2) is 38.6. The van der Waals surface area contributed by atoms with Crippen molar-refractivity contribution in [3.8, 4) is 122 Å². The second-order valence-electron chi connectivity index (χ2n) is 34.4. The quantitative estimate of drug-likeness (QED) is 0.0372. The molecule has 656 valence electrons. The van der Waals surface area contributed by atoms with Crippen LogP contribution in [0.1, 0.15) is 0 Å². The first-order chi connectivity index (χ1) is 67.8. The van der Waals surface area contributed by atoms with E-state index in [1.165, 1.54) is 180 Å². The number of rotatable bonds is 15. The lowest BCUT2D eigenvalue weighted by Crippen LogP contribution is -2.29. The summed E-state index contributed by atoms with van der Waals surface area (Å²) >= 11 is 7.20. The Labute approximate surface area is 815 Å². The molecule has 8 nitrogen and oxygen atoms in total. The third-order valence-corrected chi connectivity index (χ3v) is 31.2. The molecule has 0 saturated heterocycles. The molecule has 0 fully saturated rings. The van der Waals surface area contributed by atoms with E-state index in [0.717, 1.165) is 44.5 Å². The van der Waals surface area contributed by atoms with E-state index >= 15 is 0 Å². The lowest BCUT2D eigenvalue weighted by molar-refractivity contribution is 0.424. The third-order valence-electron chi connectivity index (χ3n) is 26.0. The lowest BCUT2D eigenvalue weighted by atomic mass is 9.79. The van der Waals surface area contributed by atoms with Crippen LogP contribution < -0.4 is 21.9 Å². The SMILES string of the molecule is OB(O)c1cccc(-c2cccc3c2sc2c(-c4cc5ccccc5c5ccccc45)cccc23)c1.OB(O)c1cccc(-c2cccc3c2sc2c(-c4ccc(-c5ccccc5)cc4)cccc23)c1.OB(O)c1cccc(-c2cccc3c2sc2c(-c4cccc(-c5ccccc5)c4)cccc23)c1.OB(O)c1cccc(-c2cccc3c2sc2c(-c4ccccc4-c4ccccc4)cccc23)c1. The summed E-state index contributed by atoms with van der Waals surface area (Å²) in [5.41, 5.74) is 27.4. The fourth-order valence-electron chi connectivity index (χ4n) is 19.4. The molecule has 16 heteroatoms. The van der Waals surface area contributed by atoms with Crippen molar-refractivity contribution < 1.29 is 40.2 Å². The van der Waals surface area contributed by atoms with Crippen LogP contribution in [0.2, 0.25) is 0 Å². The zero-order chi connectivity index (χ0) is 93.4. The molecule has 0 amide bonds. The van der Waals surface area contributed by atoms with Gasteiger partial charge in [-0.3, -0.25) is 0 Å². The molecule has 25 rings (SSSR count). The first-order valence-electron chi connectivity index (χ1n) is 45.8. The minimum atomic E-state index is -1.49. The Bertz CT molecular complexity index is 8890. The fraction of sp³-hybridized carbons (Fsp3) is 0. The van der Waals surface area contributed by atoms with E-state index in [9.17, 15) is 40.2 Å². The van der Waals surface area contributed by atoms with Crippen LogP contribution >= 0.6 is 45.3 Å². The molecule has 21 aromatic carbocycles. The highest BCUT2D eigenvalue weighted by Gasteiger charge is 2.25. The van der Waals surface area contributed by atoms with Gasteiger partial charge in [0.15, 0.2) is 0 Å². The maximum atomic E-state index is 9.71. The topological polar surface area (TPSA) is 162 Å². The maximum absolute atomic E-state index is 9.71. The molecule has 0 aliphatic heterocycles. The highest BCUT2D eigenvalue weighted by atomic mass is 32.1. The molecular weight excluding hydrogens is 1760 g/mol. The fourth-order valence-corrected chi connectivity index (χ4v) is 24.8. The largest absolute Gasteiger partial charge is 0.488 e. The molecule has 4 heterocycles. The molecule has 4 aromatic heterocycles. The first kappa shape index (κ1) is 88.2. The van der Waals surface area contributed by atoms with Gasteiger partial charge in [-0.15, -0.1) is 45.3 Å². The summed E-state index contributed by atoms with van der Waals surface area (Å²) < 4.78 is 9.85. The smallest absolute Gasteiger partial charge is 0.423 e. The number of thiophene rings is 4. The Morgan fingerprint density at radius 2 is 0.341 bits per heavy atom. The van der Waals surface area contributed by atoms with Gasteiger partial charge < -0.3 is 40.2 Å². The van der Waals surface area contributed by atoms with E-state index in [1.54, 1.807) is 58.3 Å². The van der Waals surface area contributed by atoms with Gasteiger partial charge in [-0.25, -0.2) is 0 Å². The van der Waals surface area contributed by atoms with E-state index in [4.69, 9.17) is 0 Å². The standard InChI is InChI=1S/C32H21BO2S.3C30H21BO2S/c34-33(35)22-10-5-9-20(18-22)24-14-6-15-27-28-16-7-17-29(32(28)36-31(24)27)30-19-21-8-1-2-11-23(21)25-12-3-4-13-26(25)30;32-31(33)24-13-5-12-23(19-24)26-15-7-17-28-27-16-6-14-25(29(27)34-30(26)28)22-11-4-10-21(18-22)20-8-2-1-3-9-20;32-31(33)24-10-4-9-23(19-24)26-12-6-14-28-27-13-5-11-25(29(27)34-30(26)28)22-17-15-21(16-18-22)20-7-2-1-3-8-20;32-31(33)22-12-6-11-21(19-22)24-15-7-17-27-28-18-8-16-26(30(28)34-29(24)27)25-14-5-4-13-23(25)20-9-2-1-3-10-20/h1-19,34-35H;3*1-19,32-33H. The summed E-state index contributed by atoms with van der Waals surface area (Å²) in [5.74, 6) is 0. The summed E-state index contributed by atoms with van der Waals surface area (Å²) in [7, 11) is -5.93. The summed E-state index contributed by atoms with van der Waals surface area (Å²) in [6, 6.07) is 159. The Kier molecular flexibility index (Phi) is 24.7. The van der Waals surface area contributed by atoms with Gasteiger partial charge in [-0.05, 0) is 167 Å². The van der Waals surface area contributed by atoms with Crippen molar-refractivity contribution in [3.05, 3.63) is 461 Å². The average molecular weight is 1850 g/mol. The van der Waals surface area contributed by atoms with Gasteiger partial charge in [0.25, 0.3) is 0 Å². The highest BCUT2D eigenvalue weighted by molar-refractivity contribution is 7.28. The van der Waals surface area contributed by atoms with Crippen LogP contribution in [0.5, 0.6) is 0 Å². The average Bonchev–Trinajstić information content (AvgIpc) is 1.47. The molecule has 0 radical (unpaired) electrons. The number of hydrogen-bond donors (Lipinski definition) is 8. The molecule has 0 aliphatic carbocycles. The van der Waals surface area contributed by atoms with Crippen LogP contribution in [0.15, 0.2) is 461 Å². The van der Waals surface area contributed by atoms with Crippen molar-refractivity contribution in [2.45, 2.75) is 0 Å². The molecule has 8 N–H and O–H groups in total. The van der Waals surface area contributed by atoms with Crippen molar-refractivity contribution in [1.82, 2.24) is 0 Å². The molecule has 0 spiro atoms. The van der Waals surface area contributed by atoms with Crippen molar-refractivity contribution in [1.29, 1.82) is 0 Å². The summed E-state index contributed by atoms with van der Waals surface area (Å²) in [6.45, 7) is 0. The van der Waals surface area contributed by atoms with Gasteiger partial charge in [0.1, 0.15) is 0 Å². The monoisotopic (exact) mass is 1850 g/mol. The predicted octanol–water partition coefficient (Wildman–Crippen LogP) is 27.6. The van der Waals surface area contributed by atoms with Gasteiger partial charge in [0, 0.05) is 91.8 Å². The van der Waals surface area contributed by atoms with E-state index in [0.29, 0.717) is 21.9 Å². The minimum Gasteiger partial charge on any atom is -0.423 e. The molecule has 0 atom stereocenters. The Hall–Kier alpha value is -15.0. The summed E-state index contributed by atoms with van der Waals surface area (Å²) in [5, 5.41) is 92.2. The number of fused-ring (bicyclic) bond motifs is 15.